The largest absolute Gasteiger partial charge is 0.618 e. The van der Waals surface area contributed by atoms with Crippen LogP contribution in [0.1, 0.15) is 11.1 Å². The fourth-order valence-electron chi connectivity index (χ4n) is 1.41. The minimum Gasteiger partial charge on any atom is -0.260 e. The lowest BCUT2D eigenvalue weighted by Crippen LogP contribution is -2.16. The highest BCUT2D eigenvalue weighted by Gasteiger charge is 2.49. The highest BCUT2D eigenvalue weighted by Crippen LogP contribution is 2.61. The Morgan fingerprint density at radius 2 is 2.40 bits per heavy atom. The molecule has 4 nitrogen and oxygen atoms in total. The van der Waals surface area contributed by atoms with Gasteiger partial charge >= 0.3 is 8.17 Å². The maximum Gasteiger partial charge on any atom is 0.618 e. The van der Waals surface area contributed by atoms with E-state index in [1.165, 1.54) is 0 Å². The standard InChI is InChI=1S/C9H11BO4P/c1-7-3-2-4-8-5-12-15(11,13-6-10)14-9(7)8/h2-4,11H,5-6H2,1H3/q+1. The molecule has 0 bridgehead atoms. The van der Waals surface area contributed by atoms with Crippen molar-refractivity contribution in [1.82, 2.24) is 0 Å². The maximum absolute atomic E-state index is 9.81. The number of benzene rings is 1. The minimum atomic E-state index is -3.25. The third-order valence-corrected chi connectivity index (χ3v) is 3.47. The lowest BCUT2D eigenvalue weighted by molar-refractivity contribution is 0.116. The zero-order valence-corrected chi connectivity index (χ0v) is 9.24. The summed E-state index contributed by atoms with van der Waals surface area (Å²) in [5, 5.41) is 0. The zero-order chi connectivity index (χ0) is 10.9. The minimum absolute atomic E-state index is 0.133. The smallest absolute Gasteiger partial charge is 0.260 e. The number of para-hydroxylation sites is 1. The molecule has 0 aromatic heterocycles. The lowest BCUT2D eigenvalue weighted by Gasteiger charge is -2.22. The van der Waals surface area contributed by atoms with Gasteiger partial charge in [-0.05, 0) is 12.5 Å². The second kappa shape index (κ2) is 4.10. The molecule has 2 rings (SSSR count). The molecule has 15 heavy (non-hydrogen) atoms. The third kappa shape index (κ3) is 2.16. The van der Waals surface area contributed by atoms with Crippen LogP contribution >= 0.6 is 8.17 Å². The Morgan fingerprint density at radius 3 is 3.13 bits per heavy atom. The SMILES string of the molecule is [B]CO[P+]1(O)OCc2cccc(C)c2O1. The number of rotatable bonds is 2. The Hall–Kier alpha value is -0.605. The van der Waals surface area contributed by atoms with E-state index < -0.39 is 8.17 Å². The first-order valence-corrected chi connectivity index (χ1v) is 6.03. The van der Waals surface area contributed by atoms with Crippen molar-refractivity contribution < 1.29 is 18.5 Å². The van der Waals surface area contributed by atoms with Crippen molar-refractivity contribution in [2.75, 3.05) is 6.51 Å². The summed E-state index contributed by atoms with van der Waals surface area (Å²) in [5.74, 6) is 0.632. The molecule has 0 fully saturated rings. The molecule has 0 saturated carbocycles. The van der Waals surface area contributed by atoms with Crippen molar-refractivity contribution in [3.63, 3.8) is 0 Å². The van der Waals surface area contributed by atoms with Crippen LogP contribution < -0.4 is 4.52 Å². The van der Waals surface area contributed by atoms with E-state index in [0.717, 1.165) is 11.1 Å². The summed E-state index contributed by atoms with van der Waals surface area (Å²) in [7, 11) is 1.94. The van der Waals surface area contributed by atoms with E-state index in [-0.39, 0.29) is 13.1 Å². The van der Waals surface area contributed by atoms with E-state index in [0.29, 0.717) is 5.75 Å². The molecular weight excluding hydrogens is 214 g/mol. The van der Waals surface area contributed by atoms with E-state index in [1.807, 2.05) is 25.1 Å². The molecule has 1 atom stereocenters. The fourth-order valence-corrected chi connectivity index (χ4v) is 2.57. The topological polar surface area (TPSA) is 47.9 Å². The van der Waals surface area contributed by atoms with Crippen molar-refractivity contribution in [3.05, 3.63) is 29.3 Å². The zero-order valence-electron chi connectivity index (χ0n) is 8.34. The predicted octanol–water partition coefficient (Wildman–Crippen LogP) is 1.72. The van der Waals surface area contributed by atoms with Gasteiger partial charge in [-0.3, -0.25) is 4.52 Å². The van der Waals surface area contributed by atoms with Crippen molar-refractivity contribution >= 4 is 16.0 Å². The Balaban J connectivity index is 2.29. The molecule has 1 aromatic carbocycles. The summed E-state index contributed by atoms with van der Waals surface area (Å²) in [6, 6.07) is 5.69. The molecule has 6 heteroatoms. The molecule has 1 aliphatic rings. The van der Waals surface area contributed by atoms with Gasteiger partial charge in [0.25, 0.3) is 0 Å². The fraction of sp³-hybridized carbons (Fsp3) is 0.333. The first-order valence-electron chi connectivity index (χ1n) is 4.54. The summed E-state index contributed by atoms with van der Waals surface area (Å²) >= 11 is 0. The first-order chi connectivity index (χ1) is 7.14. The van der Waals surface area contributed by atoms with Gasteiger partial charge in [-0.25, -0.2) is 0 Å². The molecule has 0 amide bonds. The Morgan fingerprint density at radius 1 is 1.60 bits per heavy atom. The van der Waals surface area contributed by atoms with Gasteiger partial charge in [-0.2, -0.15) is 9.42 Å². The number of hydrogen-bond acceptors (Lipinski definition) is 4. The number of fused-ring (bicyclic) bond motifs is 1. The van der Waals surface area contributed by atoms with Crippen LogP contribution in [0.5, 0.6) is 5.75 Å². The van der Waals surface area contributed by atoms with Gasteiger partial charge in [-0.15, -0.1) is 4.52 Å². The molecule has 1 aliphatic heterocycles. The molecule has 1 unspecified atom stereocenters. The Labute approximate surface area is 90.2 Å². The van der Waals surface area contributed by atoms with Gasteiger partial charge in [-0.1, -0.05) is 18.2 Å². The molecule has 1 N–H and O–H groups in total. The quantitative estimate of drug-likeness (QED) is 0.614. The first kappa shape index (κ1) is 10.9. The van der Waals surface area contributed by atoms with Gasteiger partial charge in [0, 0.05) is 5.56 Å². The molecule has 1 aromatic rings. The second-order valence-corrected chi connectivity index (χ2v) is 4.83. The highest BCUT2D eigenvalue weighted by atomic mass is 31.2. The molecule has 0 saturated heterocycles. The van der Waals surface area contributed by atoms with E-state index in [9.17, 15) is 4.89 Å². The summed E-state index contributed by atoms with van der Waals surface area (Å²) in [4.78, 5) is 9.81. The molecule has 78 valence electrons. The van der Waals surface area contributed by atoms with Crippen LogP contribution in [0.25, 0.3) is 0 Å². The average Bonchev–Trinajstić information content (AvgIpc) is 2.20. The predicted molar refractivity (Wildman–Crippen MR) is 57.4 cm³/mol. The van der Waals surface area contributed by atoms with Crippen molar-refractivity contribution in [3.8, 4) is 5.75 Å². The van der Waals surface area contributed by atoms with E-state index in [2.05, 4.69) is 0 Å². The summed E-state index contributed by atoms with van der Waals surface area (Å²) in [5.41, 5.74) is 1.84. The summed E-state index contributed by atoms with van der Waals surface area (Å²) in [6.45, 7) is 2.05. The second-order valence-electron chi connectivity index (χ2n) is 3.19. The van der Waals surface area contributed by atoms with Gasteiger partial charge in [0.05, 0.1) is 6.51 Å². The number of hydrogen-bond donors (Lipinski definition) is 1. The van der Waals surface area contributed by atoms with Gasteiger partial charge in [0.2, 0.25) is 0 Å². The van der Waals surface area contributed by atoms with Crippen molar-refractivity contribution in [1.29, 1.82) is 0 Å². The van der Waals surface area contributed by atoms with Crippen LogP contribution in [0.15, 0.2) is 18.2 Å². The molecule has 2 radical (unpaired) electrons. The van der Waals surface area contributed by atoms with Gasteiger partial charge < -0.3 is 0 Å². The summed E-state index contributed by atoms with van der Waals surface area (Å²) in [6.07, 6.45) is 0. The Kier molecular flexibility index (Phi) is 2.98. The van der Waals surface area contributed by atoms with E-state index in [4.69, 9.17) is 21.4 Å². The van der Waals surface area contributed by atoms with Gasteiger partial charge in [0.15, 0.2) is 5.75 Å². The molecule has 0 aliphatic carbocycles. The van der Waals surface area contributed by atoms with Crippen LogP contribution in [0.3, 0.4) is 0 Å². The monoisotopic (exact) mass is 225 g/mol. The van der Waals surface area contributed by atoms with Crippen LogP contribution in [0, 0.1) is 6.92 Å². The van der Waals surface area contributed by atoms with Crippen LogP contribution in [-0.4, -0.2) is 19.2 Å². The average molecular weight is 225 g/mol. The highest BCUT2D eigenvalue weighted by molar-refractivity contribution is 7.55. The van der Waals surface area contributed by atoms with E-state index >= 15 is 0 Å². The van der Waals surface area contributed by atoms with E-state index in [1.54, 1.807) is 0 Å². The Bertz CT molecular complexity index is 373. The van der Waals surface area contributed by atoms with Crippen LogP contribution in [0.2, 0.25) is 0 Å². The normalized spacial score (nSPS) is 24.4. The molecular formula is C9H11BO4P+. The molecule has 1 heterocycles. The summed E-state index contributed by atoms with van der Waals surface area (Å²) < 4.78 is 15.3. The molecule has 0 spiro atoms. The lowest BCUT2D eigenvalue weighted by atomic mass is 10.1. The number of aryl methyl sites for hydroxylation is 1. The van der Waals surface area contributed by atoms with Crippen LogP contribution in [0.4, 0.5) is 0 Å². The maximum atomic E-state index is 9.81. The van der Waals surface area contributed by atoms with Crippen molar-refractivity contribution in [2.45, 2.75) is 13.5 Å². The van der Waals surface area contributed by atoms with Crippen molar-refractivity contribution in [2.24, 2.45) is 0 Å². The third-order valence-electron chi connectivity index (χ3n) is 2.12. The van der Waals surface area contributed by atoms with Gasteiger partial charge in [0.1, 0.15) is 14.5 Å². The van der Waals surface area contributed by atoms with Crippen LogP contribution in [-0.2, 0) is 15.7 Å².